The summed E-state index contributed by atoms with van der Waals surface area (Å²) in [6.07, 6.45) is 2.56. The van der Waals surface area contributed by atoms with Crippen LogP contribution in [0.1, 0.15) is 29.3 Å². The van der Waals surface area contributed by atoms with Crippen molar-refractivity contribution in [3.05, 3.63) is 53.7 Å². The second-order valence-electron chi connectivity index (χ2n) is 5.84. The van der Waals surface area contributed by atoms with E-state index in [0.717, 1.165) is 18.5 Å². The summed E-state index contributed by atoms with van der Waals surface area (Å²) in [6, 6.07) is 13.4. The minimum atomic E-state index is -0.0917. The minimum absolute atomic E-state index is 0.0917. The zero-order valence-corrected chi connectivity index (χ0v) is 12.9. The maximum atomic E-state index is 12.4. The Morgan fingerprint density at radius 2 is 2.26 bits per heavy atom. The lowest BCUT2D eigenvalue weighted by Crippen LogP contribution is -2.36. The van der Waals surface area contributed by atoms with Gasteiger partial charge in [0.05, 0.1) is 17.3 Å². The van der Waals surface area contributed by atoms with E-state index < -0.39 is 0 Å². The molecule has 0 unspecified atom stereocenters. The molecule has 1 aromatic heterocycles. The van der Waals surface area contributed by atoms with Crippen LogP contribution in [-0.2, 0) is 0 Å². The van der Waals surface area contributed by atoms with Gasteiger partial charge in [0.25, 0.3) is 5.91 Å². The number of rotatable bonds is 3. The van der Waals surface area contributed by atoms with Crippen molar-refractivity contribution >= 4 is 5.91 Å². The lowest BCUT2D eigenvalue weighted by atomic mass is 10.1. The van der Waals surface area contributed by atoms with Crippen molar-refractivity contribution in [2.24, 2.45) is 0 Å². The molecule has 0 bridgehead atoms. The molecule has 0 aliphatic carbocycles. The van der Waals surface area contributed by atoms with Crippen molar-refractivity contribution < 1.29 is 4.79 Å². The van der Waals surface area contributed by atoms with E-state index in [4.69, 9.17) is 5.26 Å². The predicted octanol–water partition coefficient (Wildman–Crippen LogP) is 2.10. The Bertz CT molecular complexity index is 766. The predicted molar refractivity (Wildman–Crippen MR) is 87.7 cm³/mol. The summed E-state index contributed by atoms with van der Waals surface area (Å²) in [5.74, 6) is -0.0917. The first kappa shape index (κ1) is 15.2. The molecular weight excluding hydrogens is 288 g/mol. The SMILES string of the molecule is C[C@@H]1C[C@@H](NC(=O)c2ccnc(-c3cccc(C#N)c3)c2)CN1. The van der Waals surface area contributed by atoms with Crippen molar-refractivity contribution in [2.45, 2.75) is 25.4 Å². The normalized spacial score (nSPS) is 20.0. The average molecular weight is 306 g/mol. The van der Waals surface area contributed by atoms with Gasteiger partial charge in [-0.2, -0.15) is 5.26 Å². The van der Waals surface area contributed by atoms with E-state index in [1.165, 1.54) is 0 Å². The summed E-state index contributed by atoms with van der Waals surface area (Å²) in [6.45, 7) is 2.91. The Balaban J connectivity index is 1.79. The van der Waals surface area contributed by atoms with Gasteiger partial charge in [0, 0.05) is 36.0 Å². The fourth-order valence-corrected chi connectivity index (χ4v) is 2.79. The highest BCUT2D eigenvalue weighted by Crippen LogP contribution is 2.19. The van der Waals surface area contributed by atoms with Gasteiger partial charge in [0.2, 0.25) is 0 Å². The summed E-state index contributed by atoms with van der Waals surface area (Å²) < 4.78 is 0. The molecule has 116 valence electrons. The van der Waals surface area contributed by atoms with Crippen LogP contribution in [-0.4, -0.2) is 29.5 Å². The smallest absolute Gasteiger partial charge is 0.251 e. The minimum Gasteiger partial charge on any atom is -0.348 e. The standard InChI is InChI=1S/C18H18N4O/c1-12-7-16(11-21-12)22-18(23)15-5-6-20-17(9-15)14-4-2-3-13(8-14)10-19/h2-6,8-9,12,16,21H,7,11H2,1H3,(H,22,23)/t12-,16-/m1/s1. The van der Waals surface area contributed by atoms with Crippen LogP contribution in [0, 0.1) is 11.3 Å². The van der Waals surface area contributed by atoms with Crippen molar-refractivity contribution in [3.63, 3.8) is 0 Å². The van der Waals surface area contributed by atoms with Crippen LogP contribution in [0.25, 0.3) is 11.3 Å². The molecule has 2 aromatic rings. The average Bonchev–Trinajstić information content (AvgIpc) is 3.00. The summed E-state index contributed by atoms with van der Waals surface area (Å²) in [5, 5.41) is 15.4. The van der Waals surface area contributed by atoms with E-state index in [1.807, 2.05) is 12.1 Å². The molecule has 1 amide bonds. The quantitative estimate of drug-likeness (QED) is 0.910. The molecule has 0 radical (unpaired) electrons. The van der Waals surface area contributed by atoms with Crippen LogP contribution in [0.4, 0.5) is 0 Å². The van der Waals surface area contributed by atoms with E-state index in [-0.39, 0.29) is 11.9 Å². The third-order valence-corrected chi connectivity index (χ3v) is 4.00. The van der Waals surface area contributed by atoms with Gasteiger partial charge in [-0.1, -0.05) is 12.1 Å². The maximum Gasteiger partial charge on any atom is 0.251 e. The number of nitrogens with one attached hydrogen (secondary N) is 2. The van der Waals surface area contributed by atoms with Crippen molar-refractivity contribution in [2.75, 3.05) is 6.54 Å². The van der Waals surface area contributed by atoms with E-state index in [9.17, 15) is 4.79 Å². The highest BCUT2D eigenvalue weighted by Gasteiger charge is 2.22. The first-order valence-electron chi connectivity index (χ1n) is 7.66. The van der Waals surface area contributed by atoms with Crippen molar-refractivity contribution in [3.8, 4) is 17.3 Å². The molecule has 1 aliphatic rings. The molecule has 1 aliphatic heterocycles. The second-order valence-corrected chi connectivity index (χ2v) is 5.84. The van der Waals surface area contributed by atoms with Gasteiger partial charge in [0.1, 0.15) is 0 Å². The molecule has 3 rings (SSSR count). The van der Waals surface area contributed by atoms with Crippen molar-refractivity contribution in [1.29, 1.82) is 5.26 Å². The molecule has 2 N–H and O–H groups in total. The molecule has 23 heavy (non-hydrogen) atoms. The molecule has 1 aromatic carbocycles. The summed E-state index contributed by atoms with van der Waals surface area (Å²) in [4.78, 5) is 16.7. The lowest BCUT2D eigenvalue weighted by Gasteiger charge is -2.12. The Labute approximate surface area is 135 Å². The lowest BCUT2D eigenvalue weighted by molar-refractivity contribution is 0.0939. The fourth-order valence-electron chi connectivity index (χ4n) is 2.79. The van der Waals surface area contributed by atoms with Crippen LogP contribution in [0.3, 0.4) is 0 Å². The number of carbonyl (C=O) groups is 1. The number of nitriles is 1. The zero-order chi connectivity index (χ0) is 16.2. The number of amides is 1. The van der Waals surface area contributed by atoms with Crippen LogP contribution in [0.2, 0.25) is 0 Å². The number of nitrogens with zero attached hydrogens (tertiary/aromatic N) is 2. The molecule has 2 atom stereocenters. The van der Waals surface area contributed by atoms with Gasteiger partial charge in [-0.05, 0) is 37.6 Å². The van der Waals surface area contributed by atoms with Crippen LogP contribution < -0.4 is 10.6 Å². The zero-order valence-electron chi connectivity index (χ0n) is 12.9. The maximum absolute atomic E-state index is 12.4. The Morgan fingerprint density at radius 1 is 1.39 bits per heavy atom. The molecule has 0 saturated carbocycles. The first-order valence-corrected chi connectivity index (χ1v) is 7.66. The monoisotopic (exact) mass is 306 g/mol. The second kappa shape index (κ2) is 6.59. The number of hydrogen-bond acceptors (Lipinski definition) is 4. The highest BCUT2D eigenvalue weighted by atomic mass is 16.1. The number of hydrogen-bond donors (Lipinski definition) is 2. The molecule has 2 heterocycles. The summed E-state index contributed by atoms with van der Waals surface area (Å²) in [7, 11) is 0. The van der Waals surface area contributed by atoms with E-state index in [0.29, 0.717) is 22.9 Å². The Kier molecular flexibility index (Phi) is 4.35. The third-order valence-electron chi connectivity index (χ3n) is 4.00. The topological polar surface area (TPSA) is 77.8 Å². The molecule has 0 spiro atoms. The van der Waals surface area contributed by atoms with Gasteiger partial charge in [0.15, 0.2) is 0 Å². The molecule has 1 fully saturated rings. The van der Waals surface area contributed by atoms with Gasteiger partial charge in [-0.3, -0.25) is 9.78 Å². The first-order chi connectivity index (χ1) is 11.2. The van der Waals surface area contributed by atoms with Crippen LogP contribution in [0.5, 0.6) is 0 Å². The van der Waals surface area contributed by atoms with Crippen LogP contribution >= 0.6 is 0 Å². The summed E-state index contributed by atoms with van der Waals surface area (Å²) in [5.41, 5.74) is 2.67. The van der Waals surface area contributed by atoms with Gasteiger partial charge in [-0.15, -0.1) is 0 Å². The van der Waals surface area contributed by atoms with Gasteiger partial charge >= 0.3 is 0 Å². The molecular formula is C18H18N4O. The Morgan fingerprint density at radius 3 is 3.00 bits per heavy atom. The van der Waals surface area contributed by atoms with E-state index in [2.05, 4.69) is 28.6 Å². The van der Waals surface area contributed by atoms with Gasteiger partial charge < -0.3 is 10.6 Å². The third kappa shape index (κ3) is 3.55. The van der Waals surface area contributed by atoms with Crippen molar-refractivity contribution in [1.82, 2.24) is 15.6 Å². The highest BCUT2D eigenvalue weighted by molar-refractivity contribution is 5.95. The summed E-state index contributed by atoms with van der Waals surface area (Å²) >= 11 is 0. The molecule has 5 heteroatoms. The van der Waals surface area contributed by atoms with E-state index >= 15 is 0 Å². The number of benzene rings is 1. The Hall–Kier alpha value is -2.71. The number of carbonyl (C=O) groups excluding carboxylic acids is 1. The fraction of sp³-hybridized carbons (Fsp3) is 0.278. The molecule has 5 nitrogen and oxygen atoms in total. The number of pyridine rings is 1. The molecule has 1 saturated heterocycles. The largest absolute Gasteiger partial charge is 0.348 e. The number of aromatic nitrogens is 1. The van der Waals surface area contributed by atoms with Gasteiger partial charge in [-0.25, -0.2) is 0 Å². The van der Waals surface area contributed by atoms with Crippen LogP contribution in [0.15, 0.2) is 42.6 Å². The van der Waals surface area contributed by atoms with E-state index in [1.54, 1.807) is 30.5 Å².